The molecule has 11 aromatic rings. The molecule has 242 valence electrons. The standard InChI is InChI=1S/C48H28N2OS/c1-2-9-29(10-3-1)32-18-19-34-26-35(21-20-33(34)25-32)36-23-24-38-42(28-36)51-41-15-8-14-40(44(38)41)48-49-45(37-22-17-30-11-4-5-12-31(30)27-37)47-46(50-48)39-13-6-7-16-43(39)52-47/h1-28H/i4D,5D,6D,7D,11D,12D,13D,16D,17D,22D,27D. The molecule has 0 N–H and O–H groups in total. The van der Waals surface area contributed by atoms with Gasteiger partial charge in [0.15, 0.2) is 5.82 Å². The van der Waals surface area contributed by atoms with Gasteiger partial charge in [0.25, 0.3) is 0 Å². The van der Waals surface area contributed by atoms with Crippen LogP contribution in [0.2, 0.25) is 0 Å². The van der Waals surface area contributed by atoms with Gasteiger partial charge in [-0.15, -0.1) is 11.3 Å². The number of furan rings is 1. The molecule has 0 bridgehead atoms. The van der Waals surface area contributed by atoms with Gasteiger partial charge in [-0.1, -0.05) is 127 Å². The molecule has 0 fully saturated rings. The molecule has 0 spiro atoms. The van der Waals surface area contributed by atoms with Gasteiger partial charge in [-0.2, -0.15) is 0 Å². The normalized spacial score (nSPS) is 14.8. The number of benzene rings is 8. The van der Waals surface area contributed by atoms with Crippen LogP contribution in [0.3, 0.4) is 0 Å². The lowest BCUT2D eigenvalue weighted by atomic mass is 9.97. The Bertz CT molecular complexity index is 3830. The van der Waals surface area contributed by atoms with E-state index in [4.69, 9.17) is 26.7 Å². The zero-order valence-electron chi connectivity index (χ0n) is 38.0. The molecule has 0 amide bonds. The lowest BCUT2D eigenvalue weighted by Crippen LogP contribution is -1.94. The summed E-state index contributed by atoms with van der Waals surface area (Å²) in [6.07, 6.45) is 0. The maximum Gasteiger partial charge on any atom is 0.161 e. The lowest BCUT2D eigenvalue weighted by molar-refractivity contribution is 0.669. The Hall–Kier alpha value is -6.62. The smallest absolute Gasteiger partial charge is 0.161 e. The van der Waals surface area contributed by atoms with Crippen molar-refractivity contribution < 1.29 is 19.5 Å². The zero-order chi connectivity index (χ0) is 43.7. The average Bonchev–Trinajstić information content (AvgIpc) is 3.89. The molecule has 0 unspecified atom stereocenters. The highest BCUT2D eigenvalue weighted by Crippen LogP contribution is 2.43. The number of hydrogen-bond donors (Lipinski definition) is 0. The summed E-state index contributed by atoms with van der Waals surface area (Å²) in [5, 5.41) is 3.21. The molecule has 0 radical (unpaired) electrons. The maximum absolute atomic E-state index is 9.40. The van der Waals surface area contributed by atoms with Gasteiger partial charge in [0.05, 0.1) is 31.0 Å². The van der Waals surface area contributed by atoms with Crippen molar-refractivity contribution in [3.8, 4) is 44.9 Å². The van der Waals surface area contributed by atoms with Crippen LogP contribution in [-0.4, -0.2) is 9.97 Å². The highest BCUT2D eigenvalue weighted by atomic mass is 32.1. The van der Waals surface area contributed by atoms with E-state index in [0.717, 1.165) is 49.7 Å². The molecule has 0 aliphatic carbocycles. The van der Waals surface area contributed by atoms with E-state index in [1.807, 2.05) is 42.5 Å². The number of hydrogen-bond acceptors (Lipinski definition) is 4. The fourth-order valence-electron chi connectivity index (χ4n) is 6.98. The summed E-state index contributed by atoms with van der Waals surface area (Å²) in [4.78, 5) is 9.95. The van der Waals surface area contributed by atoms with E-state index in [1.165, 1.54) is 0 Å². The van der Waals surface area contributed by atoms with Gasteiger partial charge >= 0.3 is 0 Å². The quantitative estimate of drug-likeness (QED) is 0.184. The first-order valence-corrected chi connectivity index (χ1v) is 17.4. The second kappa shape index (κ2) is 11.5. The molecule has 3 aromatic heterocycles. The van der Waals surface area contributed by atoms with E-state index in [0.29, 0.717) is 22.1 Å². The van der Waals surface area contributed by atoms with Crippen LogP contribution in [0.15, 0.2) is 174 Å². The number of aromatic nitrogens is 2. The van der Waals surface area contributed by atoms with Gasteiger partial charge in [-0.05, 0) is 86.2 Å². The van der Waals surface area contributed by atoms with E-state index in [2.05, 4.69) is 48.5 Å². The Morgan fingerprint density at radius 3 is 2.13 bits per heavy atom. The summed E-state index contributed by atoms with van der Waals surface area (Å²) in [6.45, 7) is 0. The monoisotopic (exact) mass is 691 g/mol. The summed E-state index contributed by atoms with van der Waals surface area (Å²) >= 11 is 0.967. The molecule has 11 rings (SSSR count). The molecule has 0 saturated carbocycles. The second-order valence-corrected chi connectivity index (χ2v) is 13.5. The summed E-state index contributed by atoms with van der Waals surface area (Å²) in [6, 6.07) is 29.0. The topological polar surface area (TPSA) is 38.9 Å². The van der Waals surface area contributed by atoms with Gasteiger partial charge in [0.1, 0.15) is 11.2 Å². The van der Waals surface area contributed by atoms with Gasteiger partial charge in [0, 0.05) is 32.0 Å². The van der Waals surface area contributed by atoms with E-state index in [-0.39, 0.29) is 60.2 Å². The highest BCUT2D eigenvalue weighted by Gasteiger charge is 2.20. The minimum atomic E-state index is -0.595. The van der Waals surface area contributed by atoms with E-state index >= 15 is 0 Å². The van der Waals surface area contributed by atoms with Gasteiger partial charge in [-0.3, -0.25) is 0 Å². The molecular formula is C48H28N2OS. The average molecular weight is 692 g/mol. The van der Waals surface area contributed by atoms with Crippen LogP contribution in [0.4, 0.5) is 0 Å². The first-order chi connectivity index (χ1) is 30.3. The largest absolute Gasteiger partial charge is 0.456 e. The van der Waals surface area contributed by atoms with Crippen LogP contribution >= 0.6 is 11.3 Å². The van der Waals surface area contributed by atoms with Crippen LogP contribution in [-0.2, 0) is 0 Å². The molecule has 0 saturated heterocycles. The van der Waals surface area contributed by atoms with Gasteiger partial charge in [-0.25, -0.2) is 9.97 Å². The number of thiophene rings is 1. The summed E-state index contributed by atoms with van der Waals surface area (Å²) in [7, 11) is 0. The van der Waals surface area contributed by atoms with Crippen molar-refractivity contribution in [1.82, 2.24) is 9.97 Å². The Kier molecular flexibility index (Phi) is 4.47. The predicted octanol–water partition coefficient (Wildman–Crippen LogP) is 13.7. The van der Waals surface area contributed by atoms with Crippen molar-refractivity contribution >= 4 is 75.1 Å². The van der Waals surface area contributed by atoms with Gasteiger partial charge < -0.3 is 4.42 Å². The minimum absolute atomic E-state index is 0.0230. The van der Waals surface area contributed by atoms with Crippen molar-refractivity contribution in [3.05, 3.63) is 170 Å². The summed E-state index contributed by atoms with van der Waals surface area (Å²) < 4.78 is 103. The van der Waals surface area contributed by atoms with E-state index in [9.17, 15) is 2.74 Å². The Morgan fingerprint density at radius 2 is 1.27 bits per heavy atom. The molecule has 0 atom stereocenters. The zero-order valence-corrected chi connectivity index (χ0v) is 27.8. The van der Waals surface area contributed by atoms with Crippen molar-refractivity contribution in [3.63, 3.8) is 0 Å². The molecule has 3 heterocycles. The predicted molar refractivity (Wildman–Crippen MR) is 219 cm³/mol. The molecular weight excluding hydrogens is 653 g/mol. The van der Waals surface area contributed by atoms with Crippen LogP contribution in [0.25, 0.3) is 109 Å². The Labute approximate surface area is 318 Å². The summed E-state index contributed by atoms with van der Waals surface area (Å²) in [5.41, 5.74) is 5.74. The van der Waals surface area contributed by atoms with Crippen molar-refractivity contribution in [1.29, 1.82) is 0 Å². The molecule has 52 heavy (non-hydrogen) atoms. The van der Waals surface area contributed by atoms with Crippen LogP contribution in [0.1, 0.15) is 15.1 Å². The van der Waals surface area contributed by atoms with Crippen LogP contribution in [0.5, 0.6) is 0 Å². The molecule has 3 nitrogen and oxygen atoms in total. The molecule has 8 aromatic carbocycles. The second-order valence-electron chi connectivity index (χ2n) is 12.5. The molecule has 4 heteroatoms. The first-order valence-electron chi connectivity index (χ1n) is 22.1. The maximum atomic E-state index is 9.40. The Morgan fingerprint density at radius 1 is 0.519 bits per heavy atom. The molecule has 0 aliphatic rings. The van der Waals surface area contributed by atoms with Crippen molar-refractivity contribution in [2.75, 3.05) is 0 Å². The fourth-order valence-corrected chi connectivity index (χ4v) is 8.02. The lowest BCUT2D eigenvalue weighted by Gasteiger charge is -2.09. The minimum Gasteiger partial charge on any atom is -0.456 e. The van der Waals surface area contributed by atoms with Crippen molar-refractivity contribution in [2.45, 2.75) is 0 Å². The first kappa shape index (κ1) is 20.3. The third-order valence-electron chi connectivity index (χ3n) is 9.47. The molecule has 0 aliphatic heterocycles. The van der Waals surface area contributed by atoms with E-state index < -0.39 is 54.4 Å². The number of nitrogens with zero attached hydrogens (tertiary/aromatic N) is 2. The summed E-state index contributed by atoms with van der Waals surface area (Å²) in [5.74, 6) is 0.0896. The SMILES string of the molecule is [2H]c1c([2H])c([2H])c2c(sc3c(-c4c([2H])c([2H])c5c([2H])c([2H])c([2H])c([2H])c5c4[2H])nc(-c4cccc5oc6cc(-c7ccc8cc(-c9ccccc9)ccc8c7)ccc6c45)nc32)c1[2H]. The highest BCUT2D eigenvalue weighted by molar-refractivity contribution is 7.26. The number of rotatable bonds is 4. The van der Waals surface area contributed by atoms with Crippen molar-refractivity contribution in [2.24, 2.45) is 0 Å². The van der Waals surface area contributed by atoms with Crippen LogP contribution < -0.4 is 0 Å². The number of fused-ring (bicyclic) bond motifs is 8. The van der Waals surface area contributed by atoms with Crippen LogP contribution in [0, 0.1) is 0 Å². The third-order valence-corrected chi connectivity index (χ3v) is 10.6. The van der Waals surface area contributed by atoms with E-state index in [1.54, 1.807) is 12.1 Å². The Balaban J connectivity index is 1.14. The van der Waals surface area contributed by atoms with Gasteiger partial charge in [0.2, 0.25) is 0 Å². The fraction of sp³-hybridized carbons (Fsp3) is 0. The third kappa shape index (κ3) is 4.65.